The second kappa shape index (κ2) is 7.71. The second-order valence-corrected chi connectivity index (χ2v) is 4.54. The number of aliphatic hydroxyl groups is 1. The van der Waals surface area contributed by atoms with E-state index in [1.54, 1.807) is 6.08 Å². The van der Waals surface area contributed by atoms with Gasteiger partial charge in [-0.2, -0.15) is 0 Å². The Hall–Kier alpha value is -1.65. The van der Waals surface area contributed by atoms with Crippen LogP contribution in [0.2, 0.25) is 0 Å². The lowest BCUT2D eigenvalue weighted by molar-refractivity contribution is -0.117. The van der Waals surface area contributed by atoms with Gasteiger partial charge in [0.1, 0.15) is 0 Å². The number of carbonyl (C=O) groups is 1. The summed E-state index contributed by atoms with van der Waals surface area (Å²) >= 11 is 0. The third-order valence-corrected chi connectivity index (χ3v) is 3.05. The van der Waals surface area contributed by atoms with Crippen LogP contribution in [-0.2, 0) is 4.79 Å². The third-order valence-electron chi connectivity index (χ3n) is 3.05. The number of nitrogens with one attached hydrogen (secondary N) is 1. The van der Waals surface area contributed by atoms with Gasteiger partial charge in [-0.1, -0.05) is 18.2 Å². The van der Waals surface area contributed by atoms with Gasteiger partial charge >= 0.3 is 0 Å². The fraction of sp³-hybridized carbons (Fsp3) is 0.400. The van der Waals surface area contributed by atoms with Crippen LogP contribution < -0.4 is 5.32 Å². The molecule has 0 aliphatic heterocycles. The molecule has 2 N–H and O–H groups in total. The molecule has 19 heavy (non-hydrogen) atoms. The summed E-state index contributed by atoms with van der Waals surface area (Å²) in [4.78, 5) is 13.8. The van der Waals surface area contributed by atoms with Crippen LogP contribution in [0.3, 0.4) is 0 Å². The van der Waals surface area contributed by atoms with Gasteiger partial charge in [-0.05, 0) is 31.0 Å². The minimum Gasteiger partial charge on any atom is -0.395 e. The van der Waals surface area contributed by atoms with E-state index in [2.05, 4.69) is 11.9 Å². The first-order valence-electron chi connectivity index (χ1n) is 6.38. The monoisotopic (exact) mass is 262 g/mol. The highest BCUT2D eigenvalue weighted by Crippen LogP contribution is 2.17. The van der Waals surface area contributed by atoms with Crippen LogP contribution in [0.1, 0.15) is 11.1 Å². The summed E-state index contributed by atoms with van der Waals surface area (Å²) in [5.41, 5.74) is 3.07. The van der Waals surface area contributed by atoms with Crippen LogP contribution >= 0.6 is 0 Å². The van der Waals surface area contributed by atoms with Gasteiger partial charge in [0.05, 0.1) is 13.2 Å². The molecule has 0 unspecified atom stereocenters. The molecule has 1 aromatic carbocycles. The van der Waals surface area contributed by atoms with Crippen molar-refractivity contribution in [2.75, 3.05) is 31.6 Å². The summed E-state index contributed by atoms with van der Waals surface area (Å²) in [6.07, 6.45) is 1.72. The smallest absolute Gasteiger partial charge is 0.238 e. The standard InChI is InChI=1S/C15H22N2O2/c1-4-8-17(9-10-18)11-15(19)16-14-7-5-6-12(2)13(14)3/h4-7,18H,1,8-11H2,2-3H3,(H,16,19). The highest BCUT2D eigenvalue weighted by Gasteiger charge is 2.10. The van der Waals surface area contributed by atoms with Crippen molar-refractivity contribution in [2.24, 2.45) is 0 Å². The molecule has 1 rings (SSSR count). The van der Waals surface area contributed by atoms with E-state index in [4.69, 9.17) is 5.11 Å². The number of nitrogens with zero attached hydrogens (tertiary/aromatic N) is 1. The molecule has 104 valence electrons. The Kier molecular flexibility index (Phi) is 6.25. The van der Waals surface area contributed by atoms with Crippen molar-refractivity contribution in [3.05, 3.63) is 42.0 Å². The lowest BCUT2D eigenvalue weighted by atomic mass is 10.1. The molecule has 0 saturated heterocycles. The largest absolute Gasteiger partial charge is 0.395 e. The molecule has 4 nitrogen and oxygen atoms in total. The summed E-state index contributed by atoms with van der Waals surface area (Å²) in [6.45, 7) is 8.98. The molecule has 0 aliphatic rings. The number of hydrogen-bond acceptors (Lipinski definition) is 3. The molecular formula is C15H22N2O2. The van der Waals surface area contributed by atoms with Gasteiger partial charge in [0.2, 0.25) is 5.91 Å². The van der Waals surface area contributed by atoms with Crippen molar-refractivity contribution in [3.63, 3.8) is 0 Å². The van der Waals surface area contributed by atoms with Crippen molar-refractivity contribution < 1.29 is 9.90 Å². The Morgan fingerprint density at radius 3 is 2.84 bits per heavy atom. The molecule has 1 aromatic rings. The zero-order valence-corrected chi connectivity index (χ0v) is 11.6. The lowest BCUT2D eigenvalue weighted by Gasteiger charge is -2.19. The van der Waals surface area contributed by atoms with E-state index < -0.39 is 0 Å². The Morgan fingerprint density at radius 1 is 1.47 bits per heavy atom. The zero-order valence-electron chi connectivity index (χ0n) is 11.6. The van der Waals surface area contributed by atoms with Gasteiger partial charge in [0, 0.05) is 18.8 Å². The molecule has 0 bridgehead atoms. The molecular weight excluding hydrogens is 240 g/mol. The van der Waals surface area contributed by atoms with Gasteiger partial charge < -0.3 is 10.4 Å². The first-order chi connectivity index (χ1) is 9.08. The molecule has 0 heterocycles. The van der Waals surface area contributed by atoms with Crippen LogP contribution in [0.15, 0.2) is 30.9 Å². The van der Waals surface area contributed by atoms with Crippen LogP contribution in [0.25, 0.3) is 0 Å². The Bertz CT molecular complexity index is 444. The Balaban J connectivity index is 2.63. The number of aliphatic hydroxyl groups excluding tert-OH is 1. The normalized spacial score (nSPS) is 10.5. The van der Waals surface area contributed by atoms with E-state index in [9.17, 15) is 4.79 Å². The number of carbonyl (C=O) groups excluding carboxylic acids is 1. The highest BCUT2D eigenvalue weighted by atomic mass is 16.3. The fourth-order valence-corrected chi connectivity index (χ4v) is 1.84. The summed E-state index contributed by atoms with van der Waals surface area (Å²) in [7, 11) is 0. The van der Waals surface area contributed by atoms with Gasteiger partial charge in [-0.15, -0.1) is 6.58 Å². The van der Waals surface area contributed by atoms with Crippen molar-refractivity contribution in [1.82, 2.24) is 4.90 Å². The number of amides is 1. The van der Waals surface area contributed by atoms with Crippen LogP contribution in [0.5, 0.6) is 0 Å². The SMILES string of the molecule is C=CCN(CCO)CC(=O)Nc1cccc(C)c1C. The molecule has 0 fully saturated rings. The van der Waals surface area contributed by atoms with Crippen LogP contribution in [0.4, 0.5) is 5.69 Å². The third kappa shape index (κ3) is 4.85. The molecule has 0 aromatic heterocycles. The lowest BCUT2D eigenvalue weighted by Crippen LogP contribution is -2.35. The van der Waals surface area contributed by atoms with E-state index >= 15 is 0 Å². The summed E-state index contributed by atoms with van der Waals surface area (Å²) < 4.78 is 0. The highest BCUT2D eigenvalue weighted by molar-refractivity contribution is 5.93. The van der Waals surface area contributed by atoms with Crippen molar-refractivity contribution in [3.8, 4) is 0 Å². The second-order valence-electron chi connectivity index (χ2n) is 4.54. The Morgan fingerprint density at radius 2 is 2.21 bits per heavy atom. The zero-order chi connectivity index (χ0) is 14.3. The van der Waals surface area contributed by atoms with Crippen LogP contribution in [0, 0.1) is 13.8 Å². The van der Waals surface area contributed by atoms with Crippen LogP contribution in [-0.4, -0.2) is 42.2 Å². The molecule has 0 radical (unpaired) electrons. The minimum absolute atomic E-state index is 0.0323. The van der Waals surface area contributed by atoms with Gasteiger partial charge in [0.15, 0.2) is 0 Å². The van der Waals surface area contributed by atoms with Gasteiger partial charge in [-0.25, -0.2) is 0 Å². The van der Waals surface area contributed by atoms with E-state index in [0.29, 0.717) is 13.1 Å². The maximum absolute atomic E-state index is 12.0. The quantitative estimate of drug-likeness (QED) is 0.736. The average molecular weight is 262 g/mol. The van der Waals surface area contributed by atoms with Crippen molar-refractivity contribution in [1.29, 1.82) is 0 Å². The number of aryl methyl sites for hydroxylation is 1. The first kappa shape index (κ1) is 15.4. The molecule has 0 aliphatic carbocycles. The van der Waals surface area contributed by atoms with E-state index in [1.807, 2.05) is 36.9 Å². The number of rotatable bonds is 7. The first-order valence-corrected chi connectivity index (χ1v) is 6.38. The predicted molar refractivity (Wildman–Crippen MR) is 78.3 cm³/mol. The molecule has 4 heteroatoms. The van der Waals surface area contributed by atoms with E-state index in [1.165, 1.54) is 0 Å². The number of anilines is 1. The van der Waals surface area contributed by atoms with Gasteiger partial charge in [-0.3, -0.25) is 9.69 Å². The maximum Gasteiger partial charge on any atom is 0.238 e. The predicted octanol–water partition coefficient (Wildman–Crippen LogP) is 1.72. The summed E-state index contributed by atoms with van der Waals surface area (Å²) in [5.74, 6) is -0.0796. The number of benzene rings is 1. The van der Waals surface area contributed by atoms with E-state index in [-0.39, 0.29) is 19.1 Å². The minimum atomic E-state index is -0.0796. The molecule has 1 amide bonds. The topological polar surface area (TPSA) is 52.6 Å². The molecule has 0 atom stereocenters. The van der Waals surface area contributed by atoms with Crippen molar-refractivity contribution >= 4 is 11.6 Å². The van der Waals surface area contributed by atoms with E-state index in [0.717, 1.165) is 16.8 Å². The average Bonchev–Trinajstić information content (AvgIpc) is 2.35. The fourth-order valence-electron chi connectivity index (χ4n) is 1.84. The molecule has 0 spiro atoms. The summed E-state index contributed by atoms with van der Waals surface area (Å²) in [6, 6.07) is 5.83. The van der Waals surface area contributed by atoms with Crippen molar-refractivity contribution in [2.45, 2.75) is 13.8 Å². The summed E-state index contributed by atoms with van der Waals surface area (Å²) in [5, 5.41) is 11.8. The van der Waals surface area contributed by atoms with Gasteiger partial charge in [0.25, 0.3) is 0 Å². The molecule has 0 saturated carbocycles. The number of hydrogen-bond donors (Lipinski definition) is 2. The maximum atomic E-state index is 12.0. The Labute approximate surface area is 114 Å².